The van der Waals surface area contributed by atoms with Gasteiger partial charge in [0.25, 0.3) is 0 Å². The maximum Gasteiger partial charge on any atom is 0.231 e. The molecule has 0 aliphatic carbocycles. The van der Waals surface area contributed by atoms with Gasteiger partial charge >= 0.3 is 0 Å². The van der Waals surface area contributed by atoms with E-state index < -0.39 is 0 Å². The van der Waals surface area contributed by atoms with Crippen LogP contribution in [0.4, 0.5) is 0 Å². The molecule has 116 valence electrons. The topological polar surface area (TPSA) is 27.7 Å². The average molecular weight is 290 g/mol. The minimum atomic E-state index is 0.290. The molecule has 0 N–H and O–H groups in total. The van der Waals surface area contributed by atoms with Crippen LogP contribution in [0, 0.1) is 12.3 Å². The number of terminal acetylenes is 1. The zero-order chi connectivity index (χ0) is 15.7. The summed E-state index contributed by atoms with van der Waals surface area (Å²) in [5.74, 6) is 5.49. The minimum Gasteiger partial charge on any atom is -0.493 e. The first-order valence-corrected chi connectivity index (χ1v) is 7.72. The number of ether oxygens (including phenoxy) is 3. The molecule has 3 nitrogen and oxygen atoms in total. The fourth-order valence-corrected chi connectivity index (χ4v) is 2.03. The first kappa shape index (κ1) is 17.2. The number of fused-ring (bicyclic) bond motifs is 1. The summed E-state index contributed by atoms with van der Waals surface area (Å²) in [4.78, 5) is 0. The molecule has 0 bridgehead atoms. The summed E-state index contributed by atoms with van der Waals surface area (Å²) in [6.45, 7) is 9.25. The van der Waals surface area contributed by atoms with E-state index in [-0.39, 0.29) is 0 Å². The van der Waals surface area contributed by atoms with Crippen molar-refractivity contribution in [3.8, 4) is 29.6 Å². The summed E-state index contributed by atoms with van der Waals surface area (Å²) >= 11 is 0. The van der Waals surface area contributed by atoms with Crippen molar-refractivity contribution in [2.45, 2.75) is 52.9 Å². The molecule has 1 aromatic carbocycles. The van der Waals surface area contributed by atoms with Crippen LogP contribution in [0.2, 0.25) is 0 Å². The van der Waals surface area contributed by atoms with Crippen molar-refractivity contribution in [1.82, 2.24) is 0 Å². The van der Waals surface area contributed by atoms with E-state index in [0.717, 1.165) is 42.1 Å². The lowest BCUT2D eigenvalue weighted by molar-refractivity contribution is 0.173. The van der Waals surface area contributed by atoms with Crippen LogP contribution in [0.3, 0.4) is 0 Å². The molecule has 1 heterocycles. The molecule has 3 heteroatoms. The van der Waals surface area contributed by atoms with Crippen LogP contribution in [-0.4, -0.2) is 13.4 Å². The van der Waals surface area contributed by atoms with E-state index in [9.17, 15) is 0 Å². The molecule has 0 amide bonds. The van der Waals surface area contributed by atoms with E-state index in [1.807, 2.05) is 26.0 Å². The number of hydrogen-bond acceptors (Lipinski definition) is 3. The van der Waals surface area contributed by atoms with E-state index >= 15 is 0 Å². The Labute approximate surface area is 128 Å². The van der Waals surface area contributed by atoms with Crippen LogP contribution >= 0.6 is 0 Å². The molecule has 1 aliphatic rings. The molecule has 0 saturated carbocycles. The van der Waals surface area contributed by atoms with Gasteiger partial charge < -0.3 is 14.2 Å². The monoisotopic (exact) mass is 290 g/mol. The highest BCUT2D eigenvalue weighted by molar-refractivity contribution is 5.52. The van der Waals surface area contributed by atoms with Crippen LogP contribution in [0.1, 0.15) is 58.4 Å². The fourth-order valence-electron chi connectivity index (χ4n) is 2.03. The summed E-state index contributed by atoms with van der Waals surface area (Å²) in [6.07, 6.45) is 8.00. The number of benzene rings is 1. The first-order valence-electron chi connectivity index (χ1n) is 7.72. The van der Waals surface area contributed by atoms with Gasteiger partial charge in [-0.25, -0.2) is 0 Å². The fraction of sp³-hybridized carbons (Fsp3) is 0.556. The van der Waals surface area contributed by atoms with E-state index in [4.69, 9.17) is 20.6 Å². The van der Waals surface area contributed by atoms with Gasteiger partial charge in [0, 0.05) is 18.1 Å². The van der Waals surface area contributed by atoms with Crippen molar-refractivity contribution < 1.29 is 14.2 Å². The maximum absolute atomic E-state index is 5.87. The van der Waals surface area contributed by atoms with Gasteiger partial charge in [-0.3, -0.25) is 0 Å². The SMILES string of the molecule is C#CCCCCOc1cc2c(cc1C(C)C)OCO2.CC. The van der Waals surface area contributed by atoms with Gasteiger partial charge in [-0.05, 0) is 24.8 Å². The van der Waals surface area contributed by atoms with Gasteiger partial charge in [0.05, 0.1) is 6.61 Å². The van der Waals surface area contributed by atoms with Crippen molar-refractivity contribution in [3.05, 3.63) is 17.7 Å². The third kappa shape index (κ3) is 4.90. The van der Waals surface area contributed by atoms with Crippen LogP contribution in [0.25, 0.3) is 0 Å². The van der Waals surface area contributed by atoms with Crippen LogP contribution in [0.5, 0.6) is 17.2 Å². The molecule has 0 unspecified atom stereocenters. The molecule has 0 radical (unpaired) electrons. The van der Waals surface area contributed by atoms with Gasteiger partial charge in [0.2, 0.25) is 6.79 Å². The highest BCUT2D eigenvalue weighted by atomic mass is 16.7. The summed E-state index contributed by atoms with van der Waals surface area (Å²) in [5.41, 5.74) is 1.15. The second kappa shape index (κ2) is 9.18. The van der Waals surface area contributed by atoms with Crippen molar-refractivity contribution >= 4 is 0 Å². The quantitative estimate of drug-likeness (QED) is 0.559. The smallest absolute Gasteiger partial charge is 0.231 e. The molecule has 0 fully saturated rings. The largest absolute Gasteiger partial charge is 0.493 e. The van der Waals surface area contributed by atoms with E-state index in [2.05, 4.69) is 19.8 Å². The third-order valence-corrected chi connectivity index (χ3v) is 3.10. The lowest BCUT2D eigenvalue weighted by atomic mass is 10.0. The third-order valence-electron chi connectivity index (χ3n) is 3.10. The Morgan fingerprint density at radius 1 is 1.19 bits per heavy atom. The first-order chi connectivity index (χ1) is 10.2. The predicted molar refractivity (Wildman–Crippen MR) is 86.2 cm³/mol. The second-order valence-electron chi connectivity index (χ2n) is 4.91. The van der Waals surface area contributed by atoms with Gasteiger partial charge in [-0.2, -0.15) is 0 Å². The maximum atomic E-state index is 5.87. The molecular formula is C18H26O3. The number of rotatable bonds is 6. The molecule has 2 rings (SSSR count). The molecule has 0 aromatic heterocycles. The predicted octanol–water partition coefficient (Wildman–Crippen LogP) is 4.75. The molecule has 0 saturated heterocycles. The van der Waals surface area contributed by atoms with Crippen molar-refractivity contribution in [1.29, 1.82) is 0 Å². The second-order valence-corrected chi connectivity index (χ2v) is 4.91. The summed E-state index contributed by atoms with van der Waals surface area (Å²) < 4.78 is 16.7. The van der Waals surface area contributed by atoms with Gasteiger partial charge in [0.15, 0.2) is 11.5 Å². The number of hydrogen-bond donors (Lipinski definition) is 0. The zero-order valence-corrected chi connectivity index (χ0v) is 13.6. The van der Waals surface area contributed by atoms with E-state index in [0.29, 0.717) is 19.3 Å². The molecule has 0 spiro atoms. The standard InChI is InChI=1S/C16H20O3.C2H6/c1-4-5-6-7-8-17-14-10-16-15(18-11-19-16)9-13(14)12(2)3;1-2/h1,9-10,12H,5-8,11H2,2-3H3;1-2H3. The highest BCUT2D eigenvalue weighted by Crippen LogP contribution is 2.40. The summed E-state index contributed by atoms with van der Waals surface area (Å²) in [6, 6.07) is 3.95. The molecule has 21 heavy (non-hydrogen) atoms. The van der Waals surface area contributed by atoms with E-state index in [1.54, 1.807) is 0 Å². The Balaban J connectivity index is 0.00000106. The zero-order valence-electron chi connectivity index (χ0n) is 13.6. The Morgan fingerprint density at radius 2 is 1.86 bits per heavy atom. The van der Waals surface area contributed by atoms with Crippen molar-refractivity contribution in [2.24, 2.45) is 0 Å². The molecule has 0 atom stereocenters. The average Bonchev–Trinajstić information content (AvgIpc) is 2.95. The lowest BCUT2D eigenvalue weighted by Gasteiger charge is -2.14. The normalized spacial score (nSPS) is 11.6. The van der Waals surface area contributed by atoms with Gasteiger partial charge in [-0.1, -0.05) is 27.7 Å². The Bertz CT molecular complexity index is 472. The van der Waals surface area contributed by atoms with Crippen LogP contribution in [0.15, 0.2) is 12.1 Å². The lowest BCUT2D eigenvalue weighted by Crippen LogP contribution is -2.01. The molecule has 1 aliphatic heterocycles. The Morgan fingerprint density at radius 3 is 2.48 bits per heavy atom. The van der Waals surface area contributed by atoms with Crippen LogP contribution in [-0.2, 0) is 0 Å². The highest BCUT2D eigenvalue weighted by Gasteiger charge is 2.19. The molecule has 1 aromatic rings. The summed E-state index contributed by atoms with van der Waals surface area (Å²) in [5, 5.41) is 0. The Kier molecular flexibility index (Phi) is 7.53. The van der Waals surface area contributed by atoms with E-state index in [1.165, 1.54) is 0 Å². The van der Waals surface area contributed by atoms with Crippen molar-refractivity contribution in [2.75, 3.05) is 13.4 Å². The summed E-state index contributed by atoms with van der Waals surface area (Å²) in [7, 11) is 0. The van der Waals surface area contributed by atoms with Crippen molar-refractivity contribution in [3.63, 3.8) is 0 Å². The number of unbranched alkanes of at least 4 members (excludes halogenated alkanes) is 2. The molecular weight excluding hydrogens is 264 g/mol. The minimum absolute atomic E-state index is 0.290. The van der Waals surface area contributed by atoms with Gasteiger partial charge in [0.1, 0.15) is 5.75 Å². The Hall–Kier alpha value is -1.82. The van der Waals surface area contributed by atoms with Crippen LogP contribution < -0.4 is 14.2 Å². The van der Waals surface area contributed by atoms with Gasteiger partial charge in [-0.15, -0.1) is 12.3 Å².